The Kier molecular flexibility index (Phi) is 4.54. The Balaban J connectivity index is 1.47. The fourth-order valence-electron chi connectivity index (χ4n) is 3.51. The summed E-state index contributed by atoms with van der Waals surface area (Å²) in [5.41, 5.74) is 1.20. The zero-order valence-electron chi connectivity index (χ0n) is 12.8. The fraction of sp³-hybridized carbons (Fsp3) is 0.647. The average Bonchev–Trinajstić information content (AvgIpc) is 3.34. The third kappa shape index (κ3) is 3.43. The van der Waals surface area contributed by atoms with Crippen LogP contribution in [0.15, 0.2) is 24.5 Å². The second-order valence-corrected chi connectivity index (χ2v) is 6.26. The minimum Gasteiger partial charge on any atom is -0.354 e. The molecule has 1 aliphatic carbocycles. The van der Waals surface area contributed by atoms with E-state index in [2.05, 4.69) is 28.2 Å². The molecule has 1 amide bonds. The van der Waals surface area contributed by atoms with Gasteiger partial charge >= 0.3 is 0 Å². The molecule has 1 aromatic rings. The van der Waals surface area contributed by atoms with Gasteiger partial charge in [-0.1, -0.05) is 19.4 Å². The van der Waals surface area contributed by atoms with Gasteiger partial charge in [0.2, 0.25) is 5.91 Å². The van der Waals surface area contributed by atoms with E-state index < -0.39 is 0 Å². The molecule has 4 heteroatoms. The quantitative estimate of drug-likeness (QED) is 0.903. The highest BCUT2D eigenvalue weighted by Crippen LogP contribution is 2.47. The first kappa shape index (κ1) is 14.5. The molecule has 2 aliphatic rings. The van der Waals surface area contributed by atoms with Gasteiger partial charge in [0, 0.05) is 30.9 Å². The third-order valence-electron chi connectivity index (χ3n) is 4.91. The molecule has 1 aliphatic heterocycles. The van der Waals surface area contributed by atoms with Gasteiger partial charge in [-0.05, 0) is 49.9 Å². The van der Waals surface area contributed by atoms with E-state index >= 15 is 0 Å². The van der Waals surface area contributed by atoms with Crippen LogP contribution in [0.5, 0.6) is 0 Å². The molecule has 0 bridgehead atoms. The van der Waals surface area contributed by atoms with Crippen LogP contribution in [0.3, 0.4) is 0 Å². The van der Waals surface area contributed by atoms with Crippen LogP contribution in [0.2, 0.25) is 0 Å². The minimum atomic E-state index is 0.160. The largest absolute Gasteiger partial charge is 0.354 e. The lowest BCUT2D eigenvalue weighted by Crippen LogP contribution is -2.46. The van der Waals surface area contributed by atoms with Crippen LogP contribution >= 0.6 is 0 Å². The van der Waals surface area contributed by atoms with E-state index in [9.17, 15) is 4.79 Å². The number of aromatic nitrogens is 1. The van der Waals surface area contributed by atoms with Crippen molar-refractivity contribution >= 4 is 5.91 Å². The standard InChI is InChI=1S/C17H25N3O/c1-2-20-9-4-3-7-14(20)12-19-17(21)16-10-15(16)13-6-5-8-18-11-13/h5-6,8,11,14-16H,2-4,7,9-10,12H2,1H3,(H,19,21). The van der Waals surface area contributed by atoms with Crippen LogP contribution in [0.4, 0.5) is 0 Å². The minimum absolute atomic E-state index is 0.160. The van der Waals surface area contributed by atoms with Gasteiger partial charge in [-0.2, -0.15) is 0 Å². The van der Waals surface area contributed by atoms with Crippen LogP contribution in [0, 0.1) is 5.92 Å². The number of piperidine rings is 1. The number of carbonyl (C=O) groups excluding carboxylic acids is 1. The summed E-state index contributed by atoms with van der Waals surface area (Å²) >= 11 is 0. The highest BCUT2D eigenvalue weighted by molar-refractivity contribution is 5.82. The lowest BCUT2D eigenvalue weighted by molar-refractivity contribution is -0.122. The molecule has 1 aromatic heterocycles. The van der Waals surface area contributed by atoms with Crippen molar-refractivity contribution in [3.05, 3.63) is 30.1 Å². The predicted octanol–water partition coefficient (Wildman–Crippen LogP) is 2.18. The van der Waals surface area contributed by atoms with E-state index in [0.29, 0.717) is 12.0 Å². The number of carbonyl (C=O) groups is 1. The van der Waals surface area contributed by atoms with E-state index in [1.807, 2.05) is 12.3 Å². The number of nitrogens with one attached hydrogen (secondary N) is 1. The number of likely N-dealkylation sites (N-methyl/N-ethyl adjacent to an activating group) is 1. The fourth-order valence-corrected chi connectivity index (χ4v) is 3.51. The number of hydrogen-bond acceptors (Lipinski definition) is 3. The molecule has 3 rings (SSSR count). The molecule has 0 aromatic carbocycles. The summed E-state index contributed by atoms with van der Waals surface area (Å²) in [7, 11) is 0. The van der Waals surface area contributed by atoms with Crippen molar-refractivity contribution in [3.8, 4) is 0 Å². The molecular formula is C17H25N3O. The Morgan fingerprint density at radius 3 is 3.14 bits per heavy atom. The summed E-state index contributed by atoms with van der Waals surface area (Å²) in [6, 6.07) is 4.55. The van der Waals surface area contributed by atoms with Crippen LogP contribution in [-0.2, 0) is 4.79 Å². The summed E-state index contributed by atoms with van der Waals surface area (Å²) in [6.07, 6.45) is 8.44. The summed E-state index contributed by atoms with van der Waals surface area (Å²) in [5, 5.41) is 3.18. The Morgan fingerprint density at radius 2 is 2.38 bits per heavy atom. The van der Waals surface area contributed by atoms with E-state index in [1.165, 1.54) is 31.4 Å². The molecule has 1 N–H and O–H groups in total. The maximum Gasteiger partial charge on any atom is 0.223 e. The maximum atomic E-state index is 12.3. The van der Waals surface area contributed by atoms with Crippen molar-refractivity contribution < 1.29 is 4.79 Å². The van der Waals surface area contributed by atoms with Crippen LogP contribution < -0.4 is 5.32 Å². The highest BCUT2D eigenvalue weighted by atomic mass is 16.2. The third-order valence-corrected chi connectivity index (χ3v) is 4.91. The number of hydrogen-bond donors (Lipinski definition) is 1. The van der Waals surface area contributed by atoms with Crippen molar-refractivity contribution in [1.82, 2.24) is 15.2 Å². The molecule has 114 valence electrons. The van der Waals surface area contributed by atoms with E-state index in [1.54, 1.807) is 6.20 Å². The Labute approximate surface area is 126 Å². The van der Waals surface area contributed by atoms with E-state index in [0.717, 1.165) is 19.5 Å². The maximum absolute atomic E-state index is 12.3. The lowest BCUT2D eigenvalue weighted by atomic mass is 10.0. The van der Waals surface area contributed by atoms with Crippen molar-refractivity contribution in [2.45, 2.75) is 44.6 Å². The summed E-state index contributed by atoms with van der Waals surface area (Å²) in [4.78, 5) is 18.9. The van der Waals surface area contributed by atoms with Gasteiger partial charge in [0.1, 0.15) is 0 Å². The van der Waals surface area contributed by atoms with Crippen LogP contribution in [0.1, 0.15) is 44.1 Å². The molecule has 3 atom stereocenters. The first-order chi connectivity index (χ1) is 10.3. The van der Waals surface area contributed by atoms with Crippen LogP contribution in [0.25, 0.3) is 0 Å². The molecule has 0 radical (unpaired) electrons. The topological polar surface area (TPSA) is 45.2 Å². The molecule has 0 spiro atoms. The normalized spacial score (nSPS) is 29.1. The number of amides is 1. The molecule has 1 saturated carbocycles. The first-order valence-electron chi connectivity index (χ1n) is 8.21. The lowest BCUT2D eigenvalue weighted by Gasteiger charge is -2.34. The van der Waals surface area contributed by atoms with Gasteiger partial charge in [0.05, 0.1) is 0 Å². The molecule has 2 fully saturated rings. The number of pyridine rings is 1. The SMILES string of the molecule is CCN1CCCCC1CNC(=O)C1CC1c1cccnc1. The van der Waals surface area contributed by atoms with Gasteiger partial charge in [-0.3, -0.25) is 14.7 Å². The van der Waals surface area contributed by atoms with Gasteiger partial charge in [-0.15, -0.1) is 0 Å². The van der Waals surface area contributed by atoms with Gasteiger partial charge in [0.15, 0.2) is 0 Å². The second kappa shape index (κ2) is 6.56. The molecule has 21 heavy (non-hydrogen) atoms. The highest BCUT2D eigenvalue weighted by Gasteiger charge is 2.44. The van der Waals surface area contributed by atoms with Crippen LogP contribution in [-0.4, -0.2) is 41.5 Å². The molecule has 4 nitrogen and oxygen atoms in total. The Bertz CT molecular complexity index is 476. The summed E-state index contributed by atoms with van der Waals surface area (Å²) in [5.74, 6) is 0.769. The van der Waals surface area contributed by atoms with Crippen molar-refractivity contribution in [1.29, 1.82) is 0 Å². The zero-order chi connectivity index (χ0) is 14.7. The average molecular weight is 287 g/mol. The Morgan fingerprint density at radius 1 is 1.48 bits per heavy atom. The van der Waals surface area contributed by atoms with Gasteiger partial charge in [0.25, 0.3) is 0 Å². The first-order valence-corrected chi connectivity index (χ1v) is 8.21. The van der Waals surface area contributed by atoms with Gasteiger partial charge in [-0.25, -0.2) is 0 Å². The number of likely N-dealkylation sites (tertiary alicyclic amines) is 1. The summed E-state index contributed by atoms with van der Waals surface area (Å²) < 4.78 is 0. The second-order valence-electron chi connectivity index (χ2n) is 6.26. The molecule has 3 unspecified atom stereocenters. The predicted molar refractivity (Wildman–Crippen MR) is 83.0 cm³/mol. The van der Waals surface area contributed by atoms with E-state index in [-0.39, 0.29) is 11.8 Å². The van der Waals surface area contributed by atoms with Crippen molar-refractivity contribution in [2.75, 3.05) is 19.6 Å². The smallest absolute Gasteiger partial charge is 0.223 e. The van der Waals surface area contributed by atoms with Crippen molar-refractivity contribution in [3.63, 3.8) is 0 Å². The summed E-state index contributed by atoms with van der Waals surface area (Å²) in [6.45, 7) is 5.28. The van der Waals surface area contributed by atoms with Crippen molar-refractivity contribution in [2.24, 2.45) is 5.92 Å². The van der Waals surface area contributed by atoms with Gasteiger partial charge < -0.3 is 5.32 Å². The molecule has 1 saturated heterocycles. The molecule has 2 heterocycles. The number of rotatable bonds is 5. The monoisotopic (exact) mass is 287 g/mol. The zero-order valence-corrected chi connectivity index (χ0v) is 12.8. The van der Waals surface area contributed by atoms with E-state index in [4.69, 9.17) is 0 Å². The number of nitrogens with zero attached hydrogens (tertiary/aromatic N) is 2. The molecular weight excluding hydrogens is 262 g/mol. The Hall–Kier alpha value is -1.42.